The van der Waals surface area contributed by atoms with Crippen LogP contribution in [0.3, 0.4) is 0 Å². The molecule has 0 saturated heterocycles. The zero-order valence-electron chi connectivity index (χ0n) is 8.52. The number of alkyl halides is 3. The number of rotatable bonds is 6. The highest BCUT2D eigenvalue weighted by molar-refractivity contribution is 5.77. The largest absolute Gasteiger partial charge is 0.401 e. The summed E-state index contributed by atoms with van der Waals surface area (Å²) in [6.45, 7) is 1.15. The second kappa shape index (κ2) is 6.01. The number of ketones is 1. The SMILES string of the molecule is CCC(=O)CCCN(C)CC(F)(F)F. The molecule has 0 aromatic carbocycles. The summed E-state index contributed by atoms with van der Waals surface area (Å²) in [7, 11) is 1.41. The van der Waals surface area contributed by atoms with E-state index in [2.05, 4.69) is 0 Å². The second-order valence-electron chi connectivity index (χ2n) is 3.35. The predicted molar refractivity (Wildman–Crippen MR) is 48.1 cm³/mol. The van der Waals surface area contributed by atoms with Gasteiger partial charge in [-0.05, 0) is 20.0 Å². The van der Waals surface area contributed by atoms with Crippen LogP contribution in [0.25, 0.3) is 0 Å². The average Bonchev–Trinajstić information content (AvgIpc) is 2.00. The van der Waals surface area contributed by atoms with Crippen molar-refractivity contribution in [2.24, 2.45) is 0 Å². The molecule has 0 rings (SSSR count). The lowest BCUT2D eigenvalue weighted by atomic mass is 10.2. The van der Waals surface area contributed by atoms with E-state index >= 15 is 0 Å². The Hall–Kier alpha value is -0.580. The molecular weight excluding hydrogens is 195 g/mol. The third-order valence-electron chi connectivity index (χ3n) is 1.84. The molecule has 5 heteroatoms. The number of hydrogen-bond donors (Lipinski definition) is 0. The van der Waals surface area contributed by atoms with E-state index in [1.807, 2.05) is 0 Å². The molecule has 0 bridgehead atoms. The van der Waals surface area contributed by atoms with Crippen molar-refractivity contribution in [2.75, 3.05) is 20.1 Å². The number of Topliss-reactive ketones (excluding diaryl/α,β-unsaturated/α-hetero) is 1. The Labute approximate surface area is 82.1 Å². The minimum absolute atomic E-state index is 0.102. The molecule has 0 unspecified atom stereocenters. The molecule has 2 nitrogen and oxygen atoms in total. The molecule has 0 fully saturated rings. The smallest absolute Gasteiger partial charge is 0.300 e. The Morgan fingerprint density at radius 2 is 1.93 bits per heavy atom. The van der Waals surface area contributed by atoms with Gasteiger partial charge in [0.05, 0.1) is 6.54 Å². The standard InChI is InChI=1S/C9H16F3NO/c1-3-8(14)5-4-6-13(2)7-9(10,11)12/h3-7H2,1-2H3. The summed E-state index contributed by atoms with van der Waals surface area (Å²) in [4.78, 5) is 12.0. The van der Waals surface area contributed by atoms with E-state index in [1.165, 1.54) is 11.9 Å². The summed E-state index contributed by atoms with van der Waals surface area (Å²) >= 11 is 0. The third-order valence-corrected chi connectivity index (χ3v) is 1.84. The van der Waals surface area contributed by atoms with Crippen LogP contribution in [-0.2, 0) is 4.79 Å². The summed E-state index contributed by atoms with van der Waals surface area (Å²) in [6.07, 6.45) is -2.82. The molecule has 0 aliphatic rings. The van der Waals surface area contributed by atoms with Gasteiger partial charge in [-0.25, -0.2) is 0 Å². The van der Waals surface area contributed by atoms with Crippen molar-refractivity contribution in [2.45, 2.75) is 32.4 Å². The molecule has 0 radical (unpaired) electrons. The van der Waals surface area contributed by atoms with E-state index in [4.69, 9.17) is 0 Å². The Kier molecular flexibility index (Phi) is 5.76. The van der Waals surface area contributed by atoms with Crippen LogP contribution in [0, 0.1) is 0 Å². The van der Waals surface area contributed by atoms with Gasteiger partial charge >= 0.3 is 6.18 Å². The minimum atomic E-state index is -4.15. The van der Waals surface area contributed by atoms with Crippen LogP contribution in [0.2, 0.25) is 0 Å². The molecule has 14 heavy (non-hydrogen) atoms. The normalized spacial score (nSPS) is 12.1. The summed E-state index contributed by atoms with van der Waals surface area (Å²) in [5.74, 6) is 0.102. The molecule has 0 heterocycles. The van der Waals surface area contributed by atoms with E-state index < -0.39 is 12.7 Å². The predicted octanol–water partition coefficient (Wildman–Crippen LogP) is 2.24. The molecule has 0 atom stereocenters. The van der Waals surface area contributed by atoms with Gasteiger partial charge in [-0.2, -0.15) is 13.2 Å². The lowest BCUT2D eigenvalue weighted by molar-refractivity contribution is -0.143. The maximum atomic E-state index is 11.8. The first-order valence-corrected chi connectivity index (χ1v) is 4.62. The van der Waals surface area contributed by atoms with E-state index in [1.54, 1.807) is 6.92 Å². The summed E-state index contributed by atoms with van der Waals surface area (Å²) in [5.41, 5.74) is 0. The summed E-state index contributed by atoms with van der Waals surface area (Å²) in [5, 5.41) is 0. The van der Waals surface area contributed by atoms with Crippen molar-refractivity contribution in [1.29, 1.82) is 0 Å². The average molecular weight is 211 g/mol. The molecular formula is C9H16F3NO. The van der Waals surface area contributed by atoms with E-state index in [0.717, 1.165) is 0 Å². The first kappa shape index (κ1) is 13.4. The number of nitrogens with zero attached hydrogens (tertiary/aromatic N) is 1. The van der Waals surface area contributed by atoms with Gasteiger partial charge in [-0.1, -0.05) is 6.92 Å². The number of carbonyl (C=O) groups is 1. The molecule has 0 amide bonds. The molecule has 0 N–H and O–H groups in total. The molecule has 0 aromatic rings. The van der Waals surface area contributed by atoms with Gasteiger partial charge in [0.15, 0.2) is 0 Å². The number of halogens is 3. The number of carbonyl (C=O) groups excluding carboxylic acids is 1. The molecule has 0 saturated carbocycles. The summed E-state index contributed by atoms with van der Waals surface area (Å²) < 4.78 is 35.5. The van der Waals surface area contributed by atoms with Crippen LogP contribution < -0.4 is 0 Å². The highest BCUT2D eigenvalue weighted by Crippen LogP contribution is 2.15. The maximum Gasteiger partial charge on any atom is 0.401 e. The molecule has 0 aliphatic heterocycles. The van der Waals surface area contributed by atoms with Crippen molar-refractivity contribution in [1.82, 2.24) is 4.90 Å². The highest BCUT2D eigenvalue weighted by Gasteiger charge is 2.28. The lowest BCUT2D eigenvalue weighted by Crippen LogP contribution is -2.31. The van der Waals surface area contributed by atoms with Crippen LogP contribution in [0.5, 0.6) is 0 Å². The van der Waals surface area contributed by atoms with Gasteiger partial charge in [0.25, 0.3) is 0 Å². The lowest BCUT2D eigenvalue weighted by Gasteiger charge is -2.17. The molecule has 0 aliphatic carbocycles. The molecule has 0 spiro atoms. The van der Waals surface area contributed by atoms with Gasteiger partial charge < -0.3 is 0 Å². The van der Waals surface area contributed by atoms with Gasteiger partial charge in [-0.15, -0.1) is 0 Å². The van der Waals surface area contributed by atoms with Crippen LogP contribution in [-0.4, -0.2) is 37.0 Å². The first-order chi connectivity index (χ1) is 6.35. The molecule has 84 valence electrons. The Morgan fingerprint density at radius 1 is 1.36 bits per heavy atom. The first-order valence-electron chi connectivity index (χ1n) is 4.62. The number of hydrogen-bond acceptors (Lipinski definition) is 2. The summed E-state index contributed by atoms with van der Waals surface area (Å²) in [6, 6.07) is 0. The fourth-order valence-electron chi connectivity index (χ4n) is 1.11. The Morgan fingerprint density at radius 3 is 2.36 bits per heavy atom. The van der Waals surface area contributed by atoms with Gasteiger partial charge in [0.2, 0.25) is 0 Å². The van der Waals surface area contributed by atoms with Crippen molar-refractivity contribution in [3.05, 3.63) is 0 Å². The Balaban J connectivity index is 3.54. The third kappa shape index (κ3) is 8.04. The van der Waals surface area contributed by atoms with Crippen LogP contribution in [0.4, 0.5) is 13.2 Å². The monoisotopic (exact) mass is 211 g/mol. The van der Waals surface area contributed by atoms with Crippen molar-refractivity contribution in [3.8, 4) is 0 Å². The van der Waals surface area contributed by atoms with Crippen LogP contribution >= 0.6 is 0 Å². The molecule has 0 aromatic heterocycles. The zero-order valence-corrected chi connectivity index (χ0v) is 8.52. The van der Waals surface area contributed by atoms with Gasteiger partial charge in [-0.3, -0.25) is 9.69 Å². The van der Waals surface area contributed by atoms with Crippen molar-refractivity contribution < 1.29 is 18.0 Å². The Bertz CT molecular complexity index is 179. The van der Waals surface area contributed by atoms with Crippen molar-refractivity contribution >= 4 is 5.78 Å². The van der Waals surface area contributed by atoms with E-state index in [0.29, 0.717) is 25.8 Å². The fourth-order valence-corrected chi connectivity index (χ4v) is 1.11. The van der Waals surface area contributed by atoms with Gasteiger partial charge in [0, 0.05) is 12.8 Å². The zero-order chi connectivity index (χ0) is 11.2. The fraction of sp³-hybridized carbons (Fsp3) is 0.889. The highest BCUT2D eigenvalue weighted by atomic mass is 19.4. The maximum absolute atomic E-state index is 11.8. The van der Waals surface area contributed by atoms with Crippen molar-refractivity contribution in [3.63, 3.8) is 0 Å². The van der Waals surface area contributed by atoms with E-state index in [-0.39, 0.29) is 5.78 Å². The van der Waals surface area contributed by atoms with Gasteiger partial charge in [0.1, 0.15) is 5.78 Å². The topological polar surface area (TPSA) is 20.3 Å². The van der Waals surface area contributed by atoms with Crippen LogP contribution in [0.15, 0.2) is 0 Å². The van der Waals surface area contributed by atoms with Crippen LogP contribution in [0.1, 0.15) is 26.2 Å². The quantitative estimate of drug-likeness (QED) is 0.671. The minimum Gasteiger partial charge on any atom is -0.300 e. The van der Waals surface area contributed by atoms with E-state index in [9.17, 15) is 18.0 Å². The second-order valence-corrected chi connectivity index (χ2v) is 3.35.